The molecule has 3 unspecified atom stereocenters. The van der Waals surface area contributed by atoms with Gasteiger partial charge in [0, 0.05) is 25.7 Å². The lowest BCUT2D eigenvalue weighted by atomic mass is 9.88. The molecular formula is C15H18Cl2N2O. The highest BCUT2D eigenvalue weighted by Gasteiger charge is 2.43. The van der Waals surface area contributed by atoms with Crippen LogP contribution in [0.15, 0.2) is 18.2 Å². The number of carbonyl (C=O) groups excluding carboxylic acids is 1. The lowest BCUT2D eigenvalue weighted by molar-refractivity contribution is -0.135. The van der Waals surface area contributed by atoms with E-state index in [1.54, 1.807) is 11.0 Å². The van der Waals surface area contributed by atoms with Gasteiger partial charge in [-0.25, -0.2) is 0 Å². The zero-order valence-electron chi connectivity index (χ0n) is 11.4. The second kappa shape index (κ2) is 5.55. The first-order valence-electron chi connectivity index (χ1n) is 6.99. The summed E-state index contributed by atoms with van der Waals surface area (Å²) in [5, 5.41) is 4.59. The van der Waals surface area contributed by atoms with E-state index in [1.807, 2.05) is 19.2 Å². The van der Waals surface area contributed by atoms with Crippen molar-refractivity contribution in [2.45, 2.75) is 37.9 Å². The summed E-state index contributed by atoms with van der Waals surface area (Å²) < 4.78 is 0. The molecule has 3 rings (SSSR count). The maximum absolute atomic E-state index is 12.5. The van der Waals surface area contributed by atoms with E-state index in [4.69, 9.17) is 23.2 Å². The molecule has 5 heteroatoms. The van der Waals surface area contributed by atoms with Crippen molar-refractivity contribution in [3.8, 4) is 0 Å². The number of fused-ring (bicyclic) bond motifs is 2. The van der Waals surface area contributed by atoms with Crippen LogP contribution in [0.2, 0.25) is 10.0 Å². The SMILES string of the molecule is CN(Cc1ccc(Cl)c(Cl)c1)C(=O)C1CC2CCC1N2. The minimum absolute atomic E-state index is 0.140. The van der Waals surface area contributed by atoms with Crippen LogP contribution in [0.4, 0.5) is 0 Å². The fourth-order valence-corrected chi connectivity index (χ4v) is 3.69. The Bertz CT molecular complexity index is 535. The lowest BCUT2D eigenvalue weighted by Crippen LogP contribution is -2.38. The van der Waals surface area contributed by atoms with Crippen LogP contribution < -0.4 is 5.32 Å². The molecule has 108 valence electrons. The summed E-state index contributed by atoms with van der Waals surface area (Å²) in [5.41, 5.74) is 1.01. The molecule has 2 aliphatic rings. The Kier molecular flexibility index (Phi) is 3.93. The van der Waals surface area contributed by atoms with Gasteiger partial charge in [-0.1, -0.05) is 29.3 Å². The van der Waals surface area contributed by atoms with Crippen LogP contribution in [-0.2, 0) is 11.3 Å². The van der Waals surface area contributed by atoms with Gasteiger partial charge in [0.05, 0.1) is 16.0 Å². The van der Waals surface area contributed by atoms with E-state index in [0.717, 1.165) is 18.4 Å². The van der Waals surface area contributed by atoms with Crippen molar-refractivity contribution in [3.63, 3.8) is 0 Å². The third-order valence-electron chi connectivity index (χ3n) is 4.40. The molecule has 3 nitrogen and oxygen atoms in total. The van der Waals surface area contributed by atoms with Gasteiger partial charge in [-0.2, -0.15) is 0 Å². The predicted molar refractivity (Wildman–Crippen MR) is 81.0 cm³/mol. The van der Waals surface area contributed by atoms with E-state index in [1.165, 1.54) is 6.42 Å². The molecule has 0 aliphatic carbocycles. The Morgan fingerprint density at radius 1 is 1.35 bits per heavy atom. The molecule has 0 spiro atoms. The lowest BCUT2D eigenvalue weighted by Gasteiger charge is -2.25. The molecule has 3 atom stereocenters. The van der Waals surface area contributed by atoms with Gasteiger partial charge < -0.3 is 10.2 Å². The van der Waals surface area contributed by atoms with E-state index in [2.05, 4.69) is 5.32 Å². The molecule has 2 heterocycles. The summed E-state index contributed by atoms with van der Waals surface area (Å²) in [6.07, 6.45) is 3.32. The summed E-state index contributed by atoms with van der Waals surface area (Å²) in [4.78, 5) is 14.3. The van der Waals surface area contributed by atoms with E-state index in [9.17, 15) is 4.79 Å². The Morgan fingerprint density at radius 2 is 2.15 bits per heavy atom. The van der Waals surface area contributed by atoms with E-state index in [0.29, 0.717) is 28.7 Å². The molecular weight excluding hydrogens is 295 g/mol. The number of rotatable bonds is 3. The van der Waals surface area contributed by atoms with E-state index in [-0.39, 0.29) is 11.8 Å². The molecule has 0 aromatic heterocycles. The van der Waals surface area contributed by atoms with Crippen molar-refractivity contribution in [2.24, 2.45) is 5.92 Å². The molecule has 0 saturated carbocycles. The fourth-order valence-electron chi connectivity index (χ4n) is 3.37. The predicted octanol–water partition coefficient (Wildman–Crippen LogP) is 3.09. The van der Waals surface area contributed by atoms with Gasteiger partial charge in [-0.3, -0.25) is 4.79 Å². The number of amides is 1. The summed E-state index contributed by atoms with van der Waals surface area (Å²) in [6, 6.07) is 6.44. The summed E-state index contributed by atoms with van der Waals surface area (Å²) in [7, 11) is 1.86. The van der Waals surface area contributed by atoms with Crippen LogP contribution in [0.3, 0.4) is 0 Å². The maximum Gasteiger partial charge on any atom is 0.227 e. The molecule has 1 N–H and O–H groups in total. The van der Waals surface area contributed by atoms with Gasteiger partial charge in [0.1, 0.15) is 0 Å². The van der Waals surface area contributed by atoms with Crippen molar-refractivity contribution in [3.05, 3.63) is 33.8 Å². The number of nitrogens with zero attached hydrogens (tertiary/aromatic N) is 1. The number of halogens is 2. The molecule has 1 aromatic rings. The summed E-state index contributed by atoms with van der Waals surface area (Å²) >= 11 is 11.9. The molecule has 2 saturated heterocycles. The average Bonchev–Trinajstić information content (AvgIpc) is 3.04. The molecule has 20 heavy (non-hydrogen) atoms. The van der Waals surface area contributed by atoms with E-state index < -0.39 is 0 Å². The van der Waals surface area contributed by atoms with E-state index >= 15 is 0 Å². The molecule has 0 radical (unpaired) electrons. The van der Waals surface area contributed by atoms with Gasteiger partial charge in [0.25, 0.3) is 0 Å². The maximum atomic E-state index is 12.5. The van der Waals surface area contributed by atoms with Crippen LogP contribution in [0.25, 0.3) is 0 Å². The van der Waals surface area contributed by atoms with Gasteiger partial charge in [0.2, 0.25) is 5.91 Å². The first-order valence-corrected chi connectivity index (χ1v) is 7.75. The number of carbonyl (C=O) groups is 1. The molecule has 1 aromatic carbocycles. The highest BCUT2D eigenvalue weighted by atomic mass is 35.5. The minimum atomic E-state index is 0.140. The monoisotopic (exact) mass is 312 g/mol. The van der Waals surface area contributed by atoms with Gasteiger partial charge in [-0.15, -0.1) is 0 Å². The quantitative estimate of drug-likeness (QED) is 0.930. The number of hydrogen-bond donors (Lipinski definition) is 1. The van der Waals surface area contributed by atoms with Crippen molar-refractivity contribution in [1.82, 2.24) is 10.2 Å². The first-order chi connectivity index (χ1) is 9.54. The van der Waals surface area contributed by atoms with Crippen molar-refractivity contribution in [2.75, 3.05) is 7.05 Å². The normalized spacial score (nSPS) is 27.9. The number of hydrogen-bond acceptors (Lipinski definition) is 2. The van der Waals surface area contributed by atoms with Crippen molar-refractivity contribution < 1.29 is 4.79 Å². The largest absolute Gasteiger partial charge is 0.341 e. The van der Waals surface area contributed by atoms with Gasteiger partial charge in [-0.05, 0) is 37.0 Å². The average molecular weight is 313 g/mol. The van der Waals surface area contributed by atoms with Crippen molar-refractivity contribution >= 4 is 29.1 Å². The zero-order valence-corrected chi connectivity index (χ0v) is 12.9. The van der Waals surface area contributed by atoms with Crippen LogP contribution in [-0.4, -0.2) is 29.9 Å². The zero-order chi connectivity index (χ0) is 14.3. The van der Waals surface area contributed by atoms with Crippen molar-refractivity contribution in [1.29, 1.82) is 0 Å². The van der Waals surface area contributed by atoms with Crippen LogP contribution >= 0.6 is 23.2 Å². The Morgan fingerprint density at radius 3 is 2.75 bits per heavy atom. The molecule has 2 fully saturated rings. The molecule has 2 bridgehead atoms. The Hall–Kier alpha value is -0.770. The smallest absolute Gasteiger partial charge is 0.227 e. The second-order valence-electron chi connectivity index (χ2n) is 5.83. The van der Waals surface area contributed by atoms with Gasteiger partial charge in [0.15, 0.2) is 0 Å². The Labute approximate surface area is 129 Å². The second-order valence-corrected chi connectivity index (χ2v) is 6.65. The standard InChI is InChI=1S/C15H18Cl2N2O/c1-19(8-9-2-4-12(16)13(17)6-9)15(20)11-7-10-3-5-14(11)18-10/h2,4,6,10-11,14,18H,3,5,7-8H2,1H3. The van der Waals surface area contributed by atoms with Crippen LogP contribution in [0, 0.1) is 5.92 Å². The summed E-state index contributed by atoms with van der Waals surface area (Å²) in [6.45, 7) is 0.573. The highest BCUT2D eigenvalue weighted by molar-refractivity contribution is 6.42. The highest BCUT2D eigenvalue weighted by Crippen LogP contribution is 2.34. The number of benzene rings is 1. The summed E-state index contributed by atoms with van der Waals surface area (Å²) in [5.74, 6) is 0.372. The first kappa shape index (κ1) is 14.2. The van der Waals surface area contributed by atoms with Crippen LogP contribution in [0.5, 0.6) is 0 Å². The third-order valence-corrected chi connectivity index (χ3v) is 5.14. The minimum Gasteiger partial charge on any atom is -0.341 e. The fraction of sp³-hybridized carbons (Fsp3) is 0.533. The van der Waals surface area contributed by atoms with Crippen LogP contribution in [0.1, 0.15) is 24.8 Å². The molecule has 1 amide bonds. The number of nitrogens with one attached hydrogen (secondary N) is 1. The third kappa shape index (κ3) is 2.67. The topological polar surface area (TPSA) is 32.3 Å². The Balaban J connectivity index is 1.65. The van der Waals surface area contributed by atoms with Gasteiger partial charge >= 0.3 is 0 Å². The molecule has 2 aliphatic heterocycles.